The van der Waals surface area contributed by atoms with Crippen LogP contribution in [0.2, 0.25) is 0 Å². The van der Waals surface area contributed by atoms with Gasteiger partial charge in [-0.25, -0.2) is 4.79 Å². The number of aryl methyl sites for hydroxylation is 1. The van der Waals surface area contributed by atoms with Gasteiger partial charge in [0.2, 0.25) is 5.76 Å². The summed E-state index contributed by atoms with van der Waals surface area (Å²) in [7, 11) is 0. The molecule has 0 radical (unpaired) electrons. The van der Waals surface area contributed by atoms with E-state index < -0.39 is 5.97 Å². The van der Waals surface area contributed by atoms with E-state index >= 15 is 0 Å². The van der Waals surface area contributed by atoms with Gasteiger partial charge in [-0.2, -0.15) is 0 Å². The molecule has 0 amide bonds. The summed E-state index contributed by atoms with van der Waals surface area (Å²) in [5.41, 5.74) is 1.94. The van der Waals surface area contributed by atoms with Crippen molar-refractivity contribution in [1.29, 1.82) is 0 Å². The highest BCUT2D eigenvalue weighted by atomic mass is 79.9. The maximum absolute atomic E-state index is 10.7. The Morgan fingerprint density at radius 1 is 1.31 bits per heavy atom. The minimum atomic E-state index is -1.06. The molecule has 0 atom stereocenters. The van der Waals surface area contributed by atoms with Crippen LogP contribution in [0.5, 0.6) is 0 Å². The lowest BCUT2D eigenvalue weighted by Crippen LogP contribution is -1.91. The summed E-state index contributed by atoms with van der Waals surface area (Å²) in [5, 5.41) is 8.76. The van der Waals surface area contributed by atoms with Gasteiger partial charge < -0.3 is 9.52 Å². The number of benzene rings is 1. The lowest BCUT2D eigenvalue weighted by atomic mass is 10.1. The van der Waals surface area contributed by atoms with Crippen molar-refractivity contribution in [3.63, 3.8) is 0 Å². The van der Waals surface area contributed by atoms with Crippen molar-refractivity contribution in [3.8, 4) is 11.3 Å². The third kappa shape index (κ3) is 2.02. The monoisotopic (exact) mass is 280 g/mol. The number of carbonyl (C=O) groups is 1. The van der Waals surface area contributed by atoms with Gasteiger partial charge in [0.15, 0.2) is 0 Å². The van der Waals surface area contributed by atoms with E-state index in [1.807, 2.05) is 25.1 Å². The number of carboxylic acids is 1. The van der Waals surface area contributed by atoms with E-state index in [-0.39, 0.29) is 5.76 Å². The average molecular weight is 281 g/mol. The third-order valence-corrected chi connectivity index (χ3v) is 2.90. The van der Waals surface area contributed by atoms with Crippen LogP contribution in [0.4, 0.5) is 0 Å². The molecule has 0 aliphatic heterocycles. The molecule has 0 saturated heterocycles. The number of hydrogen-bond acceptors (Lipinski definition) is 2. The highest BCUT2D eigenvalue weighted by Crippen LogP contribution is 2.30. The second kappa shape index (κ2) is 4.14. The lowest BCUT2D eigenvalue weighted by molar-refractivity contribution is 0.0663. The molecule has 1 N–H and O–H groups in total. The number of halogens is 1. The van der Waals surface area contributed by atoms with Gasteiger partial charge in [0.05, 0.1) is 0 Å². The van der Waals surface area contributed by atoms with Gasteiger partial charge in [0, 0.05) is 10.0 Å². The van der Waals surface area contributed by atoms with Crippen LogP contribution in [0.1, 0.15) is 16.1 Å². The maximum Gasteiger partial charge on any atom is 0.371 e. The molecule has 0 unspecified atom stereocenters. The van der Waals surface area contributed by atoms with Crippen LogP contribution in [0.25, 0.3) is 11.3 Å². The summed E-state index contributed by atoms with van der Waals surface area (Å²) in [6, 6.07) is 8.92. The smallest absolute Gasteiger partial charge is 0.371 e. The molecule has 0 bridgehead atoms. The Morgan fingerprint density at radius 2 is 2.06 bits per heavy atom. The molecule has 0 saturated carbocycles. The summed E-state index contributed by atoms with van der Waals surface area (Å²) in [6.45, 7) is 1.97. The molecule has 0 aliphatic rings. The number of carboxylic acid groups (broad SMARTS) is 1. The number of aromatic carboxylic acids is 1. The Balaban J connectivity index is 2.50. The minimum absolute atomic E-state index is 0.0524. The van der Waals surface area contributed by atoms with Crippen molar-refractivity contribution in [2.75, 3.05) is 0 Å². The van der Waals surface area contributed by atoms with Gasteiger partial charge in [-0.3, -0.25) is 0 Å². The zero-order chi connectivity index (χ0) is 11.7. The highest BCUT2D eigenvalue weighted by molar-refractivity contribution is 9.10. The first-order valence-electron chi connectivity index (χ1n) is 4.67. The molecular weight excluding hydrogens is 272 g/mol. The van der Waals surface area contributed by atoms with Crippen molar-refractivity contribution >= 4 is 21.9 Å². The SMILES string of the molecule is Cc1ccc(Br)c(-c2ccc(C(=O)O)o2)c1. The molecule has 16 heavy (non-hydrogen) atoms. The zero-order valence-corrected chi connectivity index (χ0v) is 10.1. The van der Waals surface area contributed by atoms with Gasteiger partial charge in [-0.05, 0) is 31.2 Å². The minimum Gasteiger partial charge on any atom is -0.475 e. The second-order valence-corrected chi connectivity index (χ2v) is 4.31. The van der Waals surface area contributed by atoms with Crippen molar-refractivity contribution in [2.24, 2.45) is 0 Å². The maximum atomic E-state index is 10.7. The van der Waals surface area contributed by atoms with Crippen LogP contribution in [-0.2, 0) is 0 Å². The van der Waals surface area contributed by atoms with E-state index in [4.69, 9.17) is 9.52 Å². The molecular formula is C12H9BrO3. The molecule has 82 valence electrons. The summed E-state index contributed by atoms with van der Waals surface area (Å²) >= 11 is 3.41. The molecule has 1 aromatic carbocycles. The number of hydrogen-bond donors (Lipinski definition) is 1. The van der Waals surface area contributed by atoms with Crippen LogP contribution in [-0.4, -0.2) is 11.1 Å². The highest BCUT2D eigenvalue weighted by Gasteiger charge is 2.12. The molecule has 1 heterocycles. The molecule has 4 heteroatoms. The quantitative estimate of drug-likeness (QED) is 0.912. The summed E-state index contributed by atoms with van der Waals surface area (Å²) in [6.07, 6.45) is 0. The van der Waals surface area contributed by atoms with Crippen molar-refractivity contribution < 1.29 is 14.3 Å². The first-order chi connectivity index (χ1) is 7.58. The van der Waals surface area contributed by atoms with E-state index in [2.05, 4.69) is 15.9 Å². The fourth-order valence-corrected chi connectivity index (χ4v) is 1.87. The summed E-state index contributed by atoms with van der Waals surface area (Å²) in [4.78, 5) is 10.7. The van der Waals surface area contributed by atoms with E-state index in [0.29, 0.717) is 5.76 Å². The Hall–Kier alpha value is -1.55. The predicted molar refractivity (Wildman–Crippen MR) is 63.5 cm³/mol. The van der Waals surface area contributed by atoms with E-state index in [1.165, 1.54) is 6.07 Å². The molecule has 0 aliphatic carbocycles. The van der Waals surface area contributed by atoms with Gasteiger partial charge in [-0.1, -0.05) is 27.6 Å². The average Bonchev–Trinajstić information content (AvgIpc) is 2.70. The lowest BCUT2D eigenvalue weighted by Gasteiger charge is -2.02. The standard InChI is InChI=1S/C12H9BrO3/c1-7-2-3-9(13)8(6-7)10-4-5-11(16-10)12(14)15/h2-6H,1H3,(H,14,15). The largest absolute Gasteiger partial charge is 0.475 e. The van der Waals surface area contributed by atoms with E-state index in [1.54, 1.807) is 6.07 Å². The normalized spacial score (nSPS) is 10.4. The summed E-state index contributed by atoms with van der Waals surface area (Å²) in [5.74, 6) is -0.564. The molecule has 2 aromatic rings. The fraction of sp³-hybridized carbons (Fsp3) is 0.0833. The Morgan fingerprint density at radius 3 is 2.69 bits per heavy atom. The van der Waals surface area contributed by atoms with Gasteiger partial charge in [0.25, 0.3) is 0 Å². The fourth-order valence-electron chi connectivity index (χ4n) is 1.43. The topological polar surface area (TPSA) is 50.4 Å². The van der Waals surface area contributed by atoms with Crippen molar-refractivity contribution in [2.45, 2.75) is 6.92 Å². The number of furan rings is 1. The van der Waals surface area contributed by atoms with Crippen LogP contribution in [0, 0.1) is 6.92 Å². The van der Waals surface area contributed by atoms with Gasteiger partial charge >= 0.3 is 5.97 Å². The third-order valence-electron chi connectivity index (χ3n) is 2.20. The van der Waals surface area contributed by atoms with Crippen LogP contribution in [0.15, 0.2) is 39.2 Å². The van der Waals surface area contributed by atoms with Crippen LogP contribution in [0.3, 0.4) is 0 Å². The molecule has 0 fully saturated rings. The molecule has 1 aromatic heterocycles. The van der Waals surface area contributed by atoms with E-state index in [0.717, 1.165) is 15.6 Å². The van der Waals surface area contributed by atoms with Crippen LogP contribution >= 0.6 is 15.9 Å². The van der Waals surface area contributed by atoms with Crippen molar-refractivity contribution in [1.82, 2.24) is 0 Å². The Kier molecular flexibility index (Phi) is 2.83. The molecule has 2 rings (SSSR count). The zero-order valence-electron chi connectivity index (χ0n) is 8.53. The molecule has 3 nitrogen and oxygen atoms in total. The van der Waals surface area contributed by atoms with E-state index in [9.17, 15) is 4.79 Å². The Bertz CT molecular complexity index is 543. The number of rotatable bonds is 2. The first-order valence-corrected chi connectivity index (χ1v) is 5.47. The van der Waals surface area contributed by atoms with Gasteiger partial charge in [0.1, 0.15) is 5.76 Å². The summed E-state index contributed by atoms with van der Waals surface area (Å²) < 4.78 is 6.12. The Labute approximate surface area is 101 Å². The van der Waals surface area contributed by atoms with Crippen LogP contribution < -0.4 is 0 Å². The van der Waals surface area contributed by atoms with Gasteiger partial charge in [-0.15, -0.1) is 0 Å². The molecule has 0 spiro atoms. The van der Waals surface area contributed by atoms with Crippen molar-refractivity contribution in [3.05, 3.63) is 46.1 Å². The second-order valence-electron chi connectivity index (χ2n) is 3.45. The predicted octanol–water partition coefficient (Wildman–Crippen LogP) is 3.72. The first kappa shape index (κ1) is 11.0.